The number of carbonyl (C=O) groups is 1. The van der Waals surface area contributed by atoms with Gasteiger partial charge in [-0.2, -0.15) is 0 Å². The van der Waals surface area contributed by atoms with E-state index in [1.807, 2.05) is 14.0 Å². The number of amides is 1. The molecule has 1 rings (SSSR count). The van der Waals surface area contributed by atoms with Gasteiger partial charge in [0.05, 0.1) is 12.7 Å². The lowest BCUT2D eigenvalue weighted by atomic mass is 10.1. The lowest BCUT2D eigenvalue weighted by Crippen LogP contribution is -2.35. The molecule has 0 bridgehead atoms. The predicted octanol–water partition coefficient (Wildman–Crippen LogP) is 0.154. The molecule has 1 fully saturated rings. The average Bonchev–Trinajstić information content (AvgIpc) is 2.81. The quantitative estimate of drug-likeness (QED) is 0.597. The monoisotopic (exact) mass is 244 g/mol. The molecule has 100 valence electrons. The molecule has 1 saturated heterocycles. The standard InChI is InChI=1S/C12H24N2O3/c1-10(8-13-2)12(15)14-5-3-6-17-11-4-7-16-9-11/h10-11,13H,3-9H2,1-2H3,(H,14,15). The van der Waals surface area contributed by atoms with Gasteiger partial charge < -0.3 is 20.1 Å². The largest absolute Gasteiger partial charge is 0.379 e. The molecule has 2 N–H and O–H groups in total. The van der Waals surface area contributed by atoms with E-state index < -0.39 is 0 Å². The first kappa shape index (κ1) is 14.4. The summed E-state index contributed by atoms with van der Waals surface area (Å²) < 4.78 is 10.8. The van der Waals surface area contributed by atoms with Gasteiger partial charge in [-0.3, -0.25) is 4.79 Å². The topological polar surface area (TPSA) is 59.6 Å². The molecule has 1 heterocycles. The van der Waals surface area contributed by atoms with Crippen LogP contribution in [0.3, 0.4) is 0 Å². The molecule has 1 amide bonds. The molecule has 0 aliphatic carbocycles. The van der Waals surface area contributed by atoms with Crippen molar-refractivity contribution in [2.45, 2.75) is 25.9 Å². The van der Waals surface area contributed by atoms with E-state index in [4.69, 9.17) is 9.47 Å². The Morgan fingerprint density at radius 2 is 2.41 bits per heavy atom. The van der Waals surface area contributed by atoms with Crippen molar-refractivity contribution in [3.05, 3.63) is 0 Å². The molecule has 17 heavy (non-hydrogen) atoms. The summed E-state index contributed by atoms with van der Waals surface area (Å²) in [6.45, 7) is 5.52. The highest BCUT2D eigenvalue weighted by Crippen LogP contribution is 2.07. The van der Waals surface area contributed by atoms with Crippen molar-refractivity contribution in [2.24, 2.45) is 5.92 Å². The zero-order valence-corrected chi connectivity index (χ0v) is 10.8. The van der Waals surface area contributed by atoms with E-state index in [9.17, 15) is 4.79 Å². The maximum absolute atomic E-state index is 11.5. The SMILES string of the molecule is CNCC(C)C(=O)NCCCOC1CCOC1. The van der Waals surface area contributed by atoms with E-state index in [1.54, 1.807) is 0 Å². The fourth-order valence-electron chi connectivity index (χ4n) is 1.75. The smallest absolute Gasteiger partial charge is 0.224 e. The Bertz CT molecular complexity index is 218. The van der Waals surface area contributed by atoms with Crippen molar-refractivity contribution in [1.82, 2.24) is 10.6 Å². The fraction of sp³-hybridized carbons (Fsp3) is 0.917. The van der Waals surface area contributed by atoms with E-state index in [2.05, 4.69) is 10.6 Å². The number of carbonyl (C=O) groups excluding carboxylic acids is 1. The van der Waals surface area contributed by atoms with Gasteiger partial charge in [0, 0.05) is 32.2 Å². The van der Waals surface area contributed by atoms with Crippen molar-refractivity contribution in [2.75, 3.05) is 40.0 Å². The molecular weight excluding hydrogens is 220 g/mol. The Kier molecular flexibility index (Phi) is 7.16. The minimum atomic E-state index is 0.0177. The van der Waals surface area contributed by atoms with Crippen LogP contribution >= 0.6 is 0 Å². The summed E-state index contributed by atoms with van der Waals surface area (Å²) >= 11 is 0. The highest BCUT2D eigenvalue weighted by molar-refractivity contribution is 5.78. The van der Waals surface area contributed by atoms with E-state index in [1.165, 1.54) is 0 Å². The highest BCUT2D eigenvalue weighted by atomic mass is 16.5. The van der Waals surface area contributed by atoms with Crippen LogP contribution in [0.2, 0.25) is 0 Å². The Labute approximate surface area is 103 Å². The summed E-state index contributed by atoms with van der Waals surface area (Å²) in [5, 5.41) is 5.89. The lowest BCUT2D eigenvalue weighted by molar-refractivity contribution is -0.124. The van der Waals surface area contributed by atoms with Crippen LogP contribution in [0, 0.1) is 5.92 Å². The summed E-state index contributed by atoms with van der Waals surface area (Å²) in [6.07, 6.45) is 2.11. The van der Waals surface area contributed by atoms with Crippen LogP contribution in [-0.2, 0) is 14.3 Å². The summed E-state index contributed by atoms with van der Waals surface area (Å²) in [4.78, 5) is 11.5. The fourth-order valence-corrected chi connectivity index (χ4v) is 1.75. The van der Waals surface area contributed by atoms with Crippen LogP contribution in [0.5, 0.6) is 0 Å². The van der Waals surface area contributed by atoms with Gasteiger partial charge in [0.15, 0.2) is 0 Å². The molecule has 5 heteroatoms. The van der Waals surface area contributed by atoms with Crippen LogP contribution in [0.25, 0.3) is 0 Å². The summed E-state index contributed by atoms with van der Waals surface area (Å²) in [6, 6.07) is 0. The molecule has 1 aliphatic heterocycles. The second kappa shape index (κ2) is 8.44. The first-order valence-electron chi connectivity index (χ1n) is 6.35. The molecule has 2 atom stereocenters. The Morgan fingerprint density at radius 1 is 1.59 bits per heavy atom. The normalized spacial score (nSPS) is 21.4. The first-order chi connectivity index (χ1) is 8.24. The van der Waals surface area contributed by atoms with Gasteiger partial charge in [-0.25, -0.2) is 0 Å². The minimum absolute atomic E-state index is 0.0177. The van der Waals surface area contributed by atoms with Gasteiger partial charge in [-0.15, -0.1) is 0 Å². The zero-order chi connectivity index (χ0) is 12.5. The van der Waals surface area contributed by atoms with Gasteiger partial charge >= 0.3 is 0 Å². The third-order valence-corrected chi connectivity index (χ3v) is 2.82. The van der Waals surface area contributed by atoms with Crippen molar-refractivity contribution in [3.8, 4) is 0 Å². The number of ether oxygens (including phenoxy) is 2. The molecule has 0 aromatic rings. The van der Waals surface area contributed by atoms with Crippen LogP contribution in [0.15, 0.2) is 0 Å². The van der Waals surface area contributed by atoms with Gasteiger partial charge in [0.25, 0.3) is 0 Å². The van der Waals surface area contributed by atoms with E-state index in [0.717, 1.165) is 19.4 Å². The van der Waals surface area contributed by atoms with Crippen molar-refractivity contribution in [3.63, 3.8) is 0 Å². The highest BCUT2D eigenvalue weighted by Gasteiger charge is 2.15. The lowest BCUT2D eigenvalue weighted by Gasteiger charge is -2.12. The van der Waals surface area contributed by atoms with Crippen molar-refractivity contribution in [1.29, 1.82) is 0 Å². The Morgan fingerprint density at radius 3 is 3.06 bits per heavy atom. The molecule has 0 spiro atoms. The average molecular weight is 244 g/mol. The molecule has 5 nitrogen and oxygen atoms in total. The third kappa shape index (κ3) is 6.00. The number of nitrogens with one attached hydrogen (secondary N) is 2. The number of hydrogen-bond donors (Lipinski definition) is 2. The van der Waals surface area contributed by atoms with E-state index >= 15 is 0 Å². The van der Waals surface area contributed by atoms with E-state index in [-0.39, 0.29) is 17.9 Å². The van der Waals surface area contributed by atoms with Crippen LogP contribution in [0.4, 0.5) is 0 Å². The Hall–Kier alpha value is -0.650. The van der Waals surface area contributed by atoms with E-state index in [0.29, 0.717) is 26.3 Å². The summed E-state index contributed by atoms with van der Waals surface area (Å²) in [7, 11) is 1.85. The van der Waals surface area contributed by atoms with Crippen molar-refractivity contribution >= 4 is 5.91 Å². The van der Waals surface area contributed by atoms with Crippen molar-refractivity contribution < 1.29 is 14.3 Å². The second-order valence-corrected chi connectivity index (χ2v) is 4.46. The third-order valence-electron chi connectivity index (χ3n) is 2.82. The predicted molar refractivity (Wildman–Crippen MR) is 65.9 cm³/mol. The van der Waals surface area contributed by atoms with Gasteiger partial charge in [0.1, 0.15) is 0 Å². The maximum atomic E-state index is 11.5. The molecule has 1 aliphatic rings. The molecule has 0 radical (unpaired) electrons. The van der Waals surface area contributed by atoms with Crippen LogP contribution in [0.1, 0.15) is 19.8 Å². The van der Waals surface area contributed by atoms with Gasteiger partial charge in [0.2, 0.25) is 5.91 Å². The molecular formula is C12H24N2O3. The molecule has 0 aromatic heterocycles. The molecule has 0 saturated carbocycles. The van der Waals surface area contributed by atoms with Crippen LogP contribution < -0.4 is 10.6 Å². The van der Waals surface area contributed by atoms with Gasteiger partial charge in [-0.1, -0.05) is 6.92 Å². The maximum Gasteiger partial charge on any atom is 0.224 e. The molecule has 0 aromatic carbocycles. The zero-order valence-electron chi connectivity index (χ0n) is 10.8. The number of hydrogen-bond acceptors (Lipinski definition) is 4. The second-order valence-electron chi connectivity index (χ2n) is 4.46. The van der Waals surface area contributed by atoms with Gasteiger partial charge in [-0.05, 0) is 19.9 Å². The summed E-state index contributed by atoms with van der Waals surface area (Å²) in [5.74, 6) is 0.118. The molecule has 2 unspecified atom stereocenters. The minimum Gasteiger partial charge on any atom is -0.379 e. The Balaban J connectivity index is 1.94. The number of rotatable bonds is 8. The summed E-state index contributed by atoms with van der Waals surface area (Å²) in [5.41, 5.74) is 0. The van der Waals surface area contributed by atoms with Crippen LogP contribution in [-0.4, -0.2) is 52.0 Å². The first-order valence-corrected chi connectivity index (χ1v) is 6.35.